The van der Waals surface area contributed by atoms with Gasteiger partial charge in [-0.3, -0.25) is 0 Å². The van der Waals surface area contributed by atoms with Crippen molar-refractivity contribution >= 4 is 34.2 Å². The normalized spacial score (nSPS) is 15.9. The zero-order valence-corrected chi connectivity index (χ0v) is 28.6. The van der Waals surface area contributed by atoms with Crippen LogP contribution in [0.1, 0.15) is 51.7 Å². The van der Waals surface area contributed by atoms with Crippen LogP contribution in [0.3, 0.4) is 0 Å². The average Bonchev–Trinajstić information content (AvgIpc) is 3.38. The molecule has 0 spiro atoms. The Labute approximate surface area is 274 Å². The van der Waals surface area contributed by atoms with Crippen molar-refractivity contribution in [1.82, 2.24) is 0 Å². The van der Waals surface area contributed by atoms with Gasteiger partial charge < -0.3 is 20.1 Å². The molecule has 0 saturated carbocycles. The van der Waals surface area contributed by atoms with Crippen LogP contribution in [0.15, 0.2) is 84.9 Å². The summed E-state index contributed by atoms with van der Waals surface area (Å²) in [6.07, 6.45) is 1.88. The molecule has 6 heteroatoms. The van der Waals surface area contributed by atoms with Gasteiger partial charge in [-0.25, -0.2) is 9.15 Å². The highest BCUT2D eigenvalue weighted by molar-refractivity contribution is 5.96. The minimum absolute atomic E-state index is 0.00911. The van der Waals surface area contributed by atoms with Crippen molar-refractivity contribution in [2.45, 2.75) is 51.4 Å². The molecule has 238 valence electrons. The molecule has 4 aromatic carbocycles. The fraction of sp³-hybridized carbons (Fsp3) is 0.350. The van der Waals surface area contributed by atoms with E-state index in [1.54, 1.807) is 14.2 Å². The van der Waals surface area contributed by atoms with Crippen LogP contribution in [-0.4, -0.2) is 62.0 Å². The van der Waals surface area contributed by atoms with Gasteiger partial charge in [-0.05, 0) is 63.1 Å². The number of hydrogen-bond acceptors (Lipinski definition) is 4. The Morgan fingerprint density at radius 1 is 0.565 bits per heavy atom. The first-order valence-corrected chi connectivity index (χ1v) is 16.3. The minimum Gasteiger partial charge on any atom is -0.495 e. The first kappa shape index (κ1) is 31.4. The molecule has 0 saturated heterocycles. The predicted octanol–water partition coefficient (Wildman–Crippen LogP) is 8.39. The van der Waals surface area contributed by atoms with Gasteiger partial charge in [0.1, 0.15) is 25.6 Å². The standard InChI is InChI=1S/C40H48N4O2/c1-39(2)29-13-9-11-15-33(29)43(5)37(39)21-23-41-31-19-17-27(25-35(31)45-7)28-18-20-32(36(26-28)46-8)42-24-22-38-40(3,4)30-14-10-12-16-34(30)44(38)6/h9-20,25-26,41-42H,21-24H2,1-8H3/q+2. The summed E-state index contributed by atoms with van der Waals surface area (Å²) in [5.41, 5.74) is 12.4. The fourth-order valence-corrected chi connectivity index (χ4v) is 7.65. The predicted molar refractivity (Wildman–Crippen MR) is 192 cm³/mol. The van der Waals surface area contributed by atoms with Gasteiger partial charge in [-0.2, -0.15) is 0 Å². The molecule has 6 rings (SSSR count). The topological polar surface area (TPSA) is 48.5 Å². The zero-order valence-electron chi connectivity index (χ0n) is 28.6. The lowest BCUT2D eigenvalue weighted by molar-refractivity contribution is -0.404. The molecule has 46 heavy (non-hydrogen) atoms. The second-order valence-corrected chi connectivity index (χ2v) is 13.5. The summed E-state index contributed by atoms with van der Waals surface area (Å²) >= 11 is 0. The lowest BCUT2D eigenvalue weighted by Crippen LogP contribution is -2.30. The average molecular weight is 617 g/mol. The molecule has 6 nitrogen and oxygen atoms in total. The van der Waals surface area contributed by atoms with E-state index in [9.17, 15) is 0 Å². The van der Waals surface area contributed by atoms with Crippen LogP contribution in [0.4, 0.5) is 22.7 Å². The molecule has 4 aromatic rings. The van der Waals surface area contributed by atoms with Crippen molar-refractivity contribution in [3.63, 3.8) is 0 Å². The van der Waals surface area contributed by atoms with Crippen molar-refractivity contribution in [1.29, 1.82) is 0 Å². The summed E-state index contributed by atoms with van der Waals surface area (Å²) in [6, 6.07) is 30.2. The number of benzene rings is 4. The minimum atomic E-state index is 0.00911. The number of nitrogens with zero attached hydrogens (tertiary/aromatic N) is 2. The van der Waals surface area contributed by atoms with E-state index in [1.807, 2.05) is 0 Å². The highest BCUT2D eigenvalue weighted by Gasteiger charge is 2.44. The second kappa shape index (κ2) is 12.3. The third-order valence-electron chi connectivity index (χ3n) is 10.2. The van der Waals surface area contributed by atoms with Crippen molar-refractivity contribution in [3.8, 4) is 22.6 Å². The summed E-state index contributed by atoms with van der Waals surface area (Å²) in [7, 11) is 7.83. The quantitative estimate of drug-likeness (QED) is 0.166. The number of fused-ring (bicyclic) bond motifs is 2. The molecule has 2 heterocycles. The van der Waals surface area contributed by atoms with Crippen LogP contribution in [-0.2, 0) is 10.8 Å². The maximum Gasteiger partial charge on any atom is 0.209 e. The number of anilines is 2. The Morgan fingerprint density at radius 2 is 0.957 bits per heavy atom. The summed E-state index contributed by atoms with van der Waals surface area (Å²) in [4.78, 5) is 0. The molecular weight excluding hydrogens is 568 g/mol. The van der Waals surface area contributed by atoms with Crippen molar-refractivity contribution in [3.05, 3.63) is 96.1 Å². The molecule has 0 unspecified atom stereocenters. The molecule has 0 bridgehead atoms. The first-order chi connectivity index (χ1) is 22.1. The van der Waals surface area contributed by atoms with Crippen LogP contribution >= 0.6 is 0 Å². The Kier molecular flexibility index (Phi) is 8.41. The molecule has 0 aliphatic carbocycles. The van der Waals surface area contributed by atoms with E-state index >= 15 is 0 Å². The Hall–Kier alpha value is -4.58. The third kappa shape index (κ3) is 5.44. The number of methoxy groups -OCH3 is 2. The molecular formula is C40H48N4O2+2. The monoisotopic (exact) mass is 616 g/mol. The lowest BCUT2D eigenvalue weighted by atomic mass is 9.80. The van der Waals surface area contributed by atoms with E-state index in [0.29, 0.717) is 0 Å². The summed E-state index contributed by atoms with van der Waals surface area (Å²) in [6.45, 7) is 10.9. The molecule has 2 aliphatic rings. The van der Waals surface area contributed by atoms with Gasteiger partial charge in [-0.15, -0.1) is 0 Å². The maximum atomic E-state index is 5.84. The van der Waals surface area contributed by atoms with Crippen LogP contribution in [0.25, 0.3) is 11.1 Å². The number of ether oxygens (including phenoxy) is 2. The van der Waals surface area contributed by atoms with E-state index in [-0.39, 0.29) is 10.8 Å². The molecule has 0 radical (unpaired) electrons. The van der Waals surface area contributed by atoms with Crippen LogP contribution in [0, 0.1) is 0 Å². The van der Waals surface area contributed by atoms with E-state index in [4.69, 9.17) is 9.47 Å². The SMILES string of the molecule is COc1cc(-c2ccc(NCCC3=[N+](C)c4ccccc4C3(C)C)c(OC)c2)ccc1NCCC1=[N+](C)c2ccccc2C1(C)C. The van der Waals surface area contributed by atoms with E-state index in [1.165, 1.54) is 33.9 Å². The molecule has 2 N–H and O–H groups in total. The van der Waals surface area contributed by atoms with Crippen LogP contribution in [0.5, 0.6) is 11.5 Å². The first-order valence-electron chi connectivity index (χ1n) is 16.3. The second-order valence-electron chi connectivity index (χ2n) is 13.5. The molecule has 0 aromatic heterocycles. The number of nitrogens with one attached hydrogen (secondary N) is 2. The molecule has 2 aliphatic heterocycles. The number of para-hydroxylation sites is 2. The van der Waals surface area contributed by atoms with Crippen molar-refractivity contribution in [2.24, 2.45) is 0 Å². The van der Waals surface area contributed by atoms with Crippen LogP contribution < -0.4 is 20.1 Å². The van der Waals surface area contributed by atoms with E-state index in [0.717, 1.165) is 59.9 Å². The summed E-state index contributed by atoms with van der Waals surface area (Å²) in [5.74, 6) is 1.65. The highest BCUT2D eigenvalue weighted by Crippen LogP contribution is 2.41. The maximum absolute atomic E-state index is 5.84. The van der Waals surface area contributed by atoms with E-state index in [2.05, 4.69) is 147 Å². The van der Waals surface area contributed by atoms with Gasteiger partial charge in [0.2, 0.25) is 11.4 Å². The van der Waals surface area contributed by atoms with Gasteiger partial charge >= 0.3 is 0 Å². The number of rotatable bonds is 11. The van der Waals surface area contributed by atoms with Crippen LogP contribution in [0.2, 0.25) is 0 Å². The largest absolute Gasteiger partial charge is 0.495 e. The van der Waals surface area contributed by atoms with E-state index < -0.39 is 0 Å². The van der Waals surface area contributed by atoms with Crippen molar-refractivity contribution < 1.29 is 18.6 Å². The smallest absolute Gasteiger partial charge is 0.209 e. The van der Waals surface area contributed by atoms with Gasteiger partial charge in [0.15, 0.2) is 11.4 Å². The summed E-state index contributed by atoms with van der Waals surface area (Å²) in [5, 5.41) is 7.27. The number of hydrogen-bond donors (Lipinski definition) is 2. The third-order valence-corrected chi connectivity index (χ3v) is 10.2. The zero-order chi connectivity index (χ0) is 32.6. The van der Waals surface area contributed by atoms with Gasteiger partial charge in [0, 0.05) is 49.2 Å². The summed E-state index contributed by atoms with van der Waals surface area (Å²) < 4.78 is 16.4. The Balaban J connectivity index is 1.12. The van der Waals surface area contributed by atoms with Crippen molar-refractivity contribution in [2.75, 3.05) is 52.0 Å². The van der Waals surface area contributed by atoms with Gasteiger partial charge in [0.05, 0.1) is 36.4 Å². The molecule has 0 fully saturated rings. The molecule has 0 atom stereocenters. The lowest BCUT2D eigenvalue weighted by Gasteiger charge is -2.19. The molecule has 0 amide bonds. The fourth-order valence-electron chi connectivity index (χ4n) is 7.65. The Bertz CT molecular complexity index is 1710. The van der Waals surface area contributed by atoms with Gasteiger partial charge in [-0.1, -0.05) is 48.5 Å². The Morgan fingerprint density at radius 3 is 1.33 bits per heavy atom. The highest BCUT2D eigenvalue weighted by atomic mass is 16.5. The van der Waals surface area contributed by atoms with Gasteiger partial charge in [0.25, 0.3) is 0 Å².